The van der Waals surface area contributed by atoms with Crippen LogP contribution in [0.3, 0.4) is 0 Å². The van der Waals surface area contributed by atoms with E-state index in [2.05, 4.69) is 10.6 Å². The quantitative estimate of drug-likeness (QED) is 0.622. The van der Waals surface area contributed by atoms with Crippen molar-refractivity contribution in [3.63, 3.8) is 0 Å². The maximum Gasteiger partial charge on any atom is 0.232 e. The van der Waals surface area contributed by atoms with Gasteiger partial charge < -0.3 is 10.6 Å². The number of hydrogen-bond acceptors (Lipinski definition) is 4. The fourth-order valence-corrected chi connectivity index (χ4v) is 4.03. The van der Waals surface area contributed by atoms with Gasteiger partial charge in [0.05, 0.1) is 17.0 Å². The molecule has 2 N–H and O–H groups in total. The van der Waals surface area contributed by atoms with Crippen LogP contribution in [0.5, 0.6) is 0 Å². The van der Waals surface area contributed by atoms with Gasteiger partial charge in [-0.05, 0) is 42.8 Å². The van der Waals surface area contributed by atoms with Crippen molar-refractivity contribution in [1.29, 1.82) is 0 Å². The van der Waals surface area contributed by atoms with Crippen molar-refractivity contribution in [2.45, 2.75) is 19.8 Å². The molecule has 0 fully saturated rings. The van der Waals surface area contributed by atoms with Gasteiger partial charge in [-0.2, -0.15) is 0 Å². The maximum atomic E-state index is 12.2. The predicted octanol–water partition coefficient (Wildman–Crippen LogP) is 4.14. The summed E-state index contributed by atoms with van der Waals surface area (Å²) >= 11 is 12.1. The Bertz CT molecular complexity index is 1010. The lowest BCUT2D eigenvalue weighted by molar-refractivity contribution is -0.116. The van der Waals surface area contributed by atoms with Crippen molar-refractivity contribution in [3.8, 4) is 0 Å². The van der Waals surface area contributed by atoms with Crippen LogP contribution in [0.25, 0.3) is 0 Å². The molecule has 0 saturated heterocycles. The van der Waals surface area contributed by atoms with Crippen molar-refractivity contribution in [3.05, 3.63) is 52.5 Å². The van der Waals surface area contributed by atoms with E-state index in [9.17, 15) is 18.0 Å². The lowest BCUT2D eigenvalue weighted by atomic mass is 10.2. The minimum Gasteiger partial charge on any atom is -0.326 e. The van der Waals surface area contributed by atoms with E-state index >= 15 is 0 Å². The van der Waals surface area contributed by atoms with Crippen molar-refractivity contribution >= 4 is 62.1 Å². The number of nitrogens with zero attached hydrogens (tertiary/aromatic N) is 1. The summed E-state index contributed by atoms with van der Waals surface area (Å²) in [6.07, 6.45) is 1.43. The molecule has 156 valence electrons. The zero-order valence-corrected chi connectivity index (χ0v) is 18.2. The third-order valence-corrected chi connectivity index (χ3v) is 5.54. The number of halogens is 2. The summed E-state index contributed by atoms with van der Waals surface area (Å²) in [5.74, 6) is -0.496. The molecule has 0 unspecified atom stereocenters. The average Bonchev–Trinajstić information content (AvgIpc) is 2.60. The topological polar surface area (TPSA) is 95.6 Å². The molecule has 0 aliphatic rings. The van der Waals surface area contributed by atoms with E-state index in [-0.39, 0.29) is 41.9 Å². The summed E-state index contributed by atoms with van der Waals surface area (Å²) in [6, 6.07) is 11.3. The molecule has 0 aromatic heterocycles. The average molecular weight is 458 g/mol. The third kappa shape index (κ3) is 7.23. The molecular formula is C19H21Cl2N3O4S. The first-order chi connectivity index (χ1) is 13.6. The van der Waals surface area contributed by atoms with Gasteiger partial charge in [0.15, 0.2) is 0 Å². The molecule has 0 radical (unpaired) electrons. The normalized spacial score (nSPS) is 11.0. The molecule has 0 heterocycles. The first kappa shape index (κ1) is 23.0. The number of anilines is 3. The number of hydrogen-bond donors (Lipinski definition) is 2. The van der Waals surface area contributed by atoms with Gasteiger partial charge in [0.25, 0.3) is 0 Å². The van der Waals surface area contributed by atoms with Gasteiger partial charge in [-0.1, -0.05) is 29.3 Å². The second-order valence-electron chi connectivity index (χ2n) is 6.34. The van der Waals surface area contributed by atoms with Crippen LogP contribution in [-0.4, -0.2) is 33.0 Å². The van der Waals surface area contributed by atoms with Gasteiger partial charge in [0.2, 0.25) is 21.8 Å². The summed E-state index contributed by atoms with van der Waals surface area (Å²) in [5.41, 5.74) is 1.36. The van der Waals surface area contributed by atoms with Gasteiger partial charge in [0, 0.05) is 36.3 Å². The van der Waals surface area contributed by atoms with Gasteiger partial charge in [-0.25, -0.2) is 8.42 Å². The number of amides is 2. The predicted molar refractivity (Wildman–Crippen MR) is 117 cm³/mol. The summed E-state index contributed by atoms with van der Waals surface area (Å²) in [6.45, 7) is 1.46. The van der Waals surface area contributed by atoms with Crippen LogP contribution in [0.1, 0.15) is 19.8 Å². The highest BCUT2D eigenvalue weighted by molar-refractivity contribution is 7.92. The second kappa shape index (κ2) is 9.96. The molecule has 0 spiro atoms. The van der Waals surface area contributed by atoms with Crippen molar-refractivity contribution in [2.24, 2.45) is 0 Å². The number of sulfonamides is 1. The summed E-state index contributed by atoms with van der Waals surface area (Å²) in [4.78, 5) is 23.3. The summed E-state index contributed by atoms with van der Waals surface area (Å²) in [7, 11) is -3.61. The van der Waals surface area contributed by atoms with Crippen LogP contribution in [0.4, 0.5) is 17.1 Å². The van der Waals surface area contributed by atoms with Crippen LogP contribution < -0.4 is 14.9 Å². The van der Waals surface area contributed by atoms with E-state index in [1.807, 2.05) is 0 Å². The Kier molecular flexibility index (Phi) is 7.89. The molecule has 7 nitrogen and oxygen atoms in total. The number of benzene rings is 2. The smallest absolute Gasteiger partial charge is 0.232 e. The molecule has 0 bridgehead atoms. The second-order valence-corrected chi connectivity index (χ2v) is 9.10. The minimum atomic E-state index is -3.61. The molecular weight excluding hydrogens is 437 g/mol. The van der Waals surface area contributed by atoms with Crippen molar-refractivity contribution in [2.75, 3.05) is 27.7 Å². The Morgan fingerprint density at radius 1 is 1.03 bits per heavy atom. The van der Waals surface area contributed by atoms with E-state index in [0.717, 1.165) is 10.6 Å². The third-order valence-electron chi connectivity index (χ3n) is 3.81. The highest BCUT2D eigenvalue weighted by Crippen LogP contribution is 2.30. The fraction of sp³-hybridized carbons (Fsp3) is 0.263. The van der Waals surface area contributed by atoms with E-state index < -0.39 is 10.0 Å². The van der Waals surface area contributed by atoms with Gasteiger partial charge in [-0.15, -0.1) is 0 Å². The van der Waals surface area contributed by atoms with Crippen LogP contribution in [0.2, 0.25) is 10.0 Å². The molecule has 0 aliphatic carbocycles. The van der Waals surface area contributed by atoms with Crippen LogP contribution in [0.15, 0.2) is 42.5 Å². The Labute approximate surface area is 180 Å². The summed E-state index contributed by atoms with van der Waals surface area (Å²) in [5, 5.41) is 5.96. The van der Waals surface area contributed by atoms with Crippen molar-refractivity contribution < 1.29 is 18.0 Å². The Morgan fingerprint density at radius 2 is 1.69 bits per heavy atom. The molecule has 29 heavy (non-hydrogen) atoms. The molecule has 0 atom stereocenters. The highest BCUT2D eigenvalue weighted by Gasteiger charge is 2.20. The molecule has 2 aromatic carbocycles. The van der Waals surface area contributed by atoms with Crippen LogP contribution in [-0.2, 0) is 19.6 Å². The molecule has 0 saturated carbocycles. The van der Waals surface area contributed by atoms with E-state index in [4.69, 9.17) is 23.2 Å². The lowest BCUT2D eigenvalue weighted by Crippen LogP contribution is -2.31. The molecule has 2 rings (SSSR count). The largest absolute Gasteiger partial charge is 0.326 e. The Balaban J connectivity index is 2.00. The lowest BCUT2D eigenvalue weighted by Gasteiger charge is -2.23. The Hall–Kier alpha value is -2.29. The Morgan fingerprint density at radius 3 is 2.31 bits per heavy atom. The maximum absolute atomic E-state index is 12.2. The van der Waals surface area contributed by atoms with Crippen LogP contribution in [0, 0.1) is 0 Å². The van der Waals surface area contributed by atoms with Crippen molar-refractivity contribution in [1.82, 2.24) is 0 Å². The number of carbonyl (C=O) groups is 2. The van der Waals surface area contributed by atoms with E-state index in [1.54, 1.807) is 30.3 Å². The molecule has 10 heteroatoms. The monoisotopic (exact) mass is 457 g/mol. The SMILES string of the molecule is CC(=O)Nc1cccc(NC(=O)CCCN(c2cc(Cl)ccc2Cl)S(C)(=O)=O)c1. The number of carbonyl (C=O) groups excluding carboxylic acids is 2. The summed E-state index contributed by atoms with van der Waals surface area (Å²) < 4.78 is 25.5. The molecule has 0 aliphatic heterocycles. The first-order valence-corrected chi connectivity index (χ1v) is 11.3. The van der Waals surface area contributed by atoms with E-state index in [0.29, 0.717) is 16.4 Å². The molecule has 2 aromatic rings. The zero-order chi connectivity index (χ0) is 21.6. The number of nitrogens with one attached hydrogen (secondary N) is 2. The zero-order valence-electron chi connectivity index (χ0n) is 15.9. The fourth-order valence-electron chi connectivity index (χ4n) is 2.63. The van der Waals surface area contributed by atoms with Crippen LogP contribution >= 0.6 is 23.2 Å². The van der Waals surface area contributed by atoms with Gasteiger partial charge in [0.1, 0.15) is 0 Å². The minimum absolute atomic E-state index is 0.0677. The highest BCUT2D eigenvalue weighted by atomic mass is 35.5. The number of rotatable bonds is 8. The van der Waals surface area contributed by atoms with Gasteiger partial charge in [-0.3, -0.25) is 13.9 Å². The first-order valence-electron chi connectivity index (χ1n) is 8.66. The van der Waals surface area contributed by atoms with E-state index in [1.165, 1.54) is 19.1 Å². The van der Waals surface area contributed by atoms with Gasteiger partial charge >= 0.3 is 0 Å². The standard InChI is InChI=1S/C19H21Cl2N3O4S/c1-13(25)22-15-5-3-6-16(12-15)23-19(26)7-4-10-24(29(2,27)28)18-11-14(20)8-9-17(18)21/h3,5-6,8-9,11-12H,4,7,10H2,1-2H3,(H,22,25)(H,23,26). The molecule has 2 amide bonds.